The maximum atomic E-state index is 13.2. The molecule has 1 N–H and O–H groups in total. The van der Waals surface area contributed by atoms with Crippen LogP contribution in [0.2, 0.25) is 0 Å². The van der Waals surface area contributed by atoms with Gasteiger partial charge < -0.3 is 10.1 Å². The number of nitrogens with one attached hydrogen (secondary N) is 1. The van der Waals surface area contributed by atoms with Gasteiger partial charge in [-0.05, 0) is 47.0 Å². The van der Waals surface area contributed by atoms with E-state index in [1.54, 1.807) is 30.3 Å². The standard InChI is InChI=1S/C23H18FNO3/c24-19-9-6-16(7-10-19)21-13-18-12-17(8-11-20(18)23(27)28-21)22(26)25-14-15-4-2-1-3-5-15/h1-12,21H,13-14H2,(H,25,26)/t21-/m1/s1. The summed E-state index contributed by atoms with van der Waals surface area (Å²) in [6, 6.07) is 20.5. The topological polar surface area (TPSA) is 55.4 Å². The fourth-order valence-electron chi connectivity index (χ4n) is 3.28. The molecule has 0 saturated heterocycles. The lowest BCUT2D eigenvalue weighted by atomic mass is 9.93. The molecule has 3 aromatic rings. The first-order valence-corrected chi connectivity index (χ1v) is 9.01. The second-order valence-electron chi connectivity index (χ2n) is 6.69. The van der Waals surface area contributed by atoms with E-state index in [0.717, 1.165) is 16.7 Å². The number of fused-ring (bicyclic) bond motifs is 1. The Bertz CT molecular complexity index is 1020. The van der Waals surface area contributed by atoms with Crippen LogP contribution in [0, 0.1) is 5.82 Å². The fraction of sp³-hybridized carbons (Fsp3) is 0.130. The third-order valence-corrected chi connectivity index (χ3v) is 4.78. The quantitative estimate of drug-likeness (QED) is 0.695. The highest BCUT2D eigenvalue weighted by Crippen LogP contribution is 2.31. The second kappa shape index (κ2) is 7.64. The first-order chi connectivity index (χ1) is 13.6. The zero-order chi connectivity index (χ0) is 19.5. The molecule has 4 nitrogen and oxygen atoms in total. The number of benzene rings is 3. The van der Waals surface area contributed by atoms with Gasteiger partial charge in [0, 0.05) is 18.5 Å². The summed E-state index contributed by atoms with van der Waals surface area (Å²) in [4.78, 5) is 24.8. The summed E-state index contributed by atoms with van der Waals surface area (Å²) < 4.78 is 18.6. The number of halogens is 1. The molecule has 1 aliphatic heterocycles. The highest BCUT2D eigenvalue weighted by atomic mass is 19.1. The van der Waals surface area contributed by atoms with Crippen molar-refractivity contribution in [2.24, 2.45) is 0 Å². The van der Waals surface area contributed by atoms with Crippen molar-refractivity contribution in [3.8, 4) is 0 Å². The summed E-state index contributed by atoms with van der Waals surface area (Å²) in [6.45, 7) is 0.428. The Morgan fingerprint density at radius 3 is 2.54 bits per heavy atom. The van der Waals surface area contributed by atoms with Crippen molar-refractivity contribution in [1.29, 1.82) is 0 Å². The van der Waals surface area contributed by atoms with Gasteiger partial charge in [-0.2, -0.15) is 0 Å². The zero-order valence-corrected chi connectivity index (χ0v) is 15.0. The minimum absolute atomic E-state index is 0.205. The molecule has 3 aromatic carbocycles. The lowest BCUT2D eigenvalue weighted by Crippen LogP contribution is -2.25. The van der Waals surface area contributed by atoms with Crippen LogP contribution in [0.15, 0.2) is 72.8 Å². The van der Waals surface area contributed by atoms with Crippen molar-refractivity contribution in [3.63, 3.8) is 0 Å². The van der Waals surface area contributed by atoms with Crippen LogP contribution in [0.5, 0.6) is 0 Å². The number of hydrogen-bond acceptors (Lipinski definition) is 3. The highest BCUT2D eigenvalue weighted by Gasteiger charge is 2.28. The van der Waals surface area contributed by atoms with Gasteiger partial charge in [0.05, 0.1) is 5.56 Å². The van der Waals surface area contributed by atoms with Gasteiger partial charge in [0.25, 0.3) is 5.91 Å². The Kier molecular flexibility index (Phi) is 4.89. The number of cyclic esters (lactones) is 1. The van der Waals surface area contributed by atoms with Crippen molar-refractivity contribution in [2.75, 3.05) is 0 Å². The number of carbonyl (C=O) groups excluding carboxylic acids is 2. The van der Waals surface area contributed by atoms with Crippen molar-refractivity contribution in [3.05, 3.63) is 106 Å². The number of hydrogen-bond donors (Lipinski definition) is 1. The van der Waals surface area contributed by atoms with Crippen LogP contribution in [-0.4, -0.2) is 11.9 Å². The van der Waals surface area contributed by atoms with Crippen LogP contribution in [0.3, 0.4) is 0 Å². The first kappa shape index (κ1) is 17.9. The van der Waals surface area contributed by atoms with Crippen LogP contribution >= 0.6 is 0 Å². The summed E-state index contributed by atoms with van der Waals surface area (Å²) in [7, 11) is 0. The predicted molar refractivity (Wildman–Crippen MR) is 102 cm³/mol. The minimum Gasteiger partial charge on any atom is -0.454 e. The number of esters is 1. The minimum atomic E-state index is -0.497. The molecule has 1 amide bonds. The number of carbonyl (C=O) groups is 2. The van der Waals surface area contributed by atoms with E-state index >= 15 is 0 Å². The Balaban J connectivity index is 1.52. The molecule has 5 heteroatoms. The van der Waals surface area contributed by atoms with Gasteiger partial charge in [-0.3, -0.25) is 4.79 Å². The van der Waals surface area contributed by atoms with Crippen molar-refractivity contribution in [2.45, 2.75) is 19.1 Å². The van der Waals surface area contributed by atoms with Gasteiger partial charge in [-0.1, -0.05) is 42.5 Å². The molecular formula is C23H18FNO3. The molecule has 1 heterocycles. The van der Waals surface area contributed by atoms with E-state index in [1.165, 1.54) is 12.1 Å². The van der Waals surface area contributed by atoms with Crippen molar-refractivity contribution in [1.82, 2.24) is 5.32 Å². The zero-order valence-electron chi connectivity index (χ0n) is 15.0. The van der Waals surface area contributed by atoms with E-state index < -0.39 is 12.1 Å². The van der Waals surface area contributed by atoms with E-state index in [4.69, 9.17) is 4.74 Å². The van der Waals surface area contributed by atoms with Gasteiger partial charge >= 0.3 is 5.97 Å². The van der Waals surface area contributed by atoms with Gasteiger partial charge in [-0.15, -0.1) is 0 Å². The van der Waals surface area contributed by atoms with Crippen LogP contribution < -0.4 is 5.32 Å². The SMILES string of the molecule is O=C(NCc1ccccc1)c1ccc2c(c1)C[C@H](c1ccc(F)cc1)OC2=O. The predicted octanol–water partition coefficient (Wildman–Crippen LogP) is 4.21. The van der Waals surface area contributed by atoms with Gasteiger partial charge in [0.15, 0.2) is 0 Å². The molecule has 0 bridgehead atoms. The molecule has 1 atom stereocenters. The van der Waals surface area contributed by atoms with Gasteiger partial charge in [-0.25, -0.2) is 9.18 Å². The molecule has 28 heavy (non-hydrogen) atoms. The molecule has 0 spiro atoms. The molecule has 0 aromatic heterocycles. The van der Waals surface area contributed by atoms with Gasteiger partial charge in [0.1, 0.15) is 11.9 Å². The highest BCUT2D eigenvalue weighted by molar-refractivity contribution is 5.97. The Labute approximate surface area is 162 Å². The molecule has 140 valence electrons. The monoisotopic (exact) mass is 375 g/mol. The number of amides is 1. The third kappa shape index (κ3) is 3.78. The normalized spacial score (nSPS) is 15.5. The van der Waals surface area contributed by atoms with E-state index in [9.17, 15) is 14.0 Å². The second-order valence-corrected chi connectivity index (χ2v) is 6.69. The molecule has 0 radical (unpaired) electrons. The maximum Gasteiger partial charge on any atom is 0.339 e. The third-order valence-electron chi connectivity index (χ3n) is 4.78. The molecule has 4 rings (SSSR count). The van der Waals surface area contributed by atoms with Crippen LogP contribution in [0.4, 0.5) is 4.39 Å². The Morgan fingerprint density at radius 1 is 1.04 bits per heavy atom. The van der Waals surface area contributed by atoms with E-state index in [1.807, 2.05) is 30.3 Å². The summed E-state index contributed by atoms with van der Waals surface area (Å²) in [5.41, 5.74) is 3.42. The smallest absolute Gasteiger partial charge is 0.339 e. The van der Waals surface area contributed by atoms with Crippen LogP contribution in [-0.2, 0) is 17.7 Å². The van der Waals surface area contributed by atoms with E-state index in [0.29, 0.717) is 24.1 Å². The van der Waals surface area contributed by atoms with Crippen molar-refractivity contribution < 1.29 is 18.7 Å². The molecule has 0 unspecified atom stereocenters. The lowest BCUT2D eigenvalue weighted by molar-refractivity contribution is 0.0252. The number of rotatable bonds is 4. The molecule has 0 aliphatic carbocycles. The van der Waals surface area contributed by atoms with Crippen LogP contribution in [0.25, 0.3) is 0 Å². The largest absolute Gasteiger partial charge is 0.454 e. The Hall–Kier alpha value is -3.47. The maximum absolute atomic E-state index is 13.2. The average Bonchev–Trinajstić information content (AvgIpc) is 2.73. The van der Waals surface area contributed by atoms with Crippen molar-refractivity contribution >= 4 is 11.9 Å². The summed E-state index contributed by atoms with van der Waals surface area (Å²) in [5, 5.41) is 2.89. The summed E-state index contributed by atoms with van der Waals surface area (Å²) in [5.74, 6) is -0.987. The average molecular weight is 375 g/mol. The first-order valence-electron chi connectivity index (χ1n) is 9.01. The summed E-state index contributed by atoms with van der Waals surface area (Å²) in [6.07, 6.45) is -0.0600. The molecule has 0 fully saturated rings. The number of ether oxygens (including phenoxy) is 1. The Morgan fingerprint density at radius 2 is 1.79 bits per heavy atom. The molecular weight excluding hydrogens is 357 g/mol. The summed E-state index contributed by atoms with van der Waals surface area (Å²) >= 11 is 0. The lowest BCUT2D eigenvalue weighted by Gasteiger charge is -2.25. The molecule has 0 saturated carbocycles. The van der Waals surface area contributed by atoms with Crippen LogP contribution in [0.1, 0.15) is 43.5 Å². The molecule has 1 aliphatic rings. The van der Waals surface area contributed by atoms with Gasteiger partial charge in [0.2, 0.25) is 0 Å². The van der Waals surface area contributed by atoms with E-state index in [2.05, 4.69) is 5.32 Å². The van der Waals surface area contributed by atoms with E-state index in [-0.39, 0.29) is 11.7 Å². The fourth-order valence-corrected chi connectivity index (χ4v) is 3.28.